The van der Waals surface area contributed by atoms with Crippen molar-refractivity contribution in [2.75, 3.05) is 0 Å². The van der Waals surface area contributed by atoms with Gasteiger partial charge in [-0.05, 0) is 56.3 Å². The van der Waals surface area contributed by atoms with Crippen LogP contribution in [-0.2, 0) is 12.6 Å². The lowest BCUT2D eigenvalue weighted by Crippen LogP contribution is -3.00. The summed E-state index contributed by atoms with van der Waals surface area (Å²) in [5.41, 5.74) is 0.510. The standard InChI is InChI=1S/C14H21N2.BrH/c1-15-2-3-16(10-15)14-7-11-4-12(8-14)6-13(5-11)9-14;/h2-3,10-13H,4-9H2,1H3;1H/q+1;/p-1. The van der Waals surface area contributed by atoms with Gasteiger partial charge >= 0.3 is 0 Å². The second-order valence-corrected chi connectivity index (χ2v) is 6.63. The van der Waals surface area contributed by atoms with Crippen molar-refractivity contribution < 1.29 is 21.5 Å². The van der Waals surface area contributed by atoms with Crippen molar-refractivity contribution in [1.29, 1.82) is 0 Å². The summed E-state index contributed by atoms with van der Waals surface area (Å²) in [6.07, 6.45) is 15.7. The SMILES string of the molecule is C[n+]1ccn(C23CC4CC(CC(C4)C2)C3)c1.[Br-]. The van der Waals surface area contributed by atoms with Crippen molar-refractivity contribution in [1.82, 2.24) is 4.57 Å². The minimum atomic E-state index is 0. The van der Waals surface area contributed by atoms with Gasteiger partial charge < -0.3 is 17.0 Å². The highest BCUT2D eigenvalue weighted by Crippen LogP contribution is 2.58. The van der Waals surface area contributed by atoms with Gasteiger partial charge in [0.1, 0.15) is 17.9 Å². The normalized spacial score (nSPS) is 42.5. The maximum absolute atomic E-state index is 2.54. The van der Waals surface area contributed by atoms with Crippen molar-refractivity contribution in [3.63, 3.8) is 0 Å². The number of hydrogen-bond acceptors (Lipinski definition) is 0. The first kappa shape index (κ1) is 11.8. The quantitative estimate of drug-likeness (QED) is 0.603. The number of imidazole rings is 1. The molecule has 17 heavy (non-hydrogen) atoms. The van der Waals surface area contributed by atoms with Crippen LogP contribution in [0.3, 0.4) is 0 Å². The van der Waals surface area contributed by atoms with E-state index in [1.54, 1.807) is 0 Å². The van der Waals surface area contributed by atoms with E-state index >= 15 is 0 Å². The average molecular weight is 297 g/mol. The van der Waals surface area contributed by atoms with E-state index in [1.165, 1.54) is 38.5 Å². The van der Waals surface area contributed by atoms with Crippen LogP contribution in [-0.4, -0.2) is 4.57 Å². The first-order valence-corrected chi connectivity index (χ1v) is 6.77. The molecular weight excluding hydrogens is 276 g/mol. The summed E-state index contributed by atoms with van der Waals surface area (Å²) in [4.78, 5) is 0. The van der Waals surface area contributed by atoms with Gasteiger partial charge in [-0.3, -0.25) is 0 Å². The molecule has 0 amide bonds. The van der Waals surface area contributed by atoms with Crippen LogP contribution in [0.25, 0.3) is 0 Å². The fourth-order valence-corrected chi connectivity index (χ4v) is 5.11. The third-order valence-electron chi connectivity index (χ3n) is 5.32. The Labute approximate surface area is 114 Å². The highest BCUT2D eigenvalue weighted by atomic mass is 79.9. The van der Waals surface area contributed by atoms with Crippen molar-refractivity contribution in [2.45, 2.75) is 44.1 Å². The number of hydrogen-bond donors (Lipinski definition) is 0. The highest BCUT2D eigenvalue weighted by Gasteiger charge is 2.54. The summed E-state index contributed by atoms with van der Waals surface area (Å²) in [7, 11) is 2.14. The molecule has 4 saturated carbocycles. The molecule has 4 aliphatic carbocycles. The van der Waals surface area contributed by atoms with E-state index in [2.05, 4.69) is 34.9 Å². The van der Waals surface area contributed by atoms with E-state index in [-0.39, 0.29) is 17.0 Å². The van der Waals surface area contributed by atoms with Gasteiger partial charge in [0.25, 0.3) is 0 Å². The summed E-state index contributed by atoms with van der Waals surface area (Å²) >= 11 is 0. The van der Waals surface area contributed by atoms with Crippen molar-refractivity contribution in [2.24, 2.45) is 24.8 Å². The minimum Gasteiger partial charge on any atom is -1.00 e. The Morgan fingerprint density at radius 1 is 1.06 bits per heavy atom. The summed E-state index contributed by atoms with van der Waals surface area (Å²) in [5.74, 6) is 3.12. The van der Waals surface area contributed by atoms with Gasteiger partial charge in [0, 0.05) is 0 Å². The maximum atomic E-state index is 2.54. The van der Waals surface area contributed by atoms with Crippen LogP contribution in [0.5, 0.6) is 0 Å². The second kappa shape index (κ2) is 3.84. The molecule has 0 unspecified atom stereocenters. The van der Waals surface area contributed by atoms with Crippen molar-refractivity contribution in [3.05, 3.63) is 18.7 Å². The van der Waals surface area contributed by atoms with E-state index in [0.717, 1.165) is 17.8 Å². The Bertz CT molecular complexity index is 388. The molecule has 0 aliphatic heterocycles. The van der Waals surface area contributed by atoms with Crippen LogP contribution >= 0.6 is 0 Å². The third-order valence-corrected chi connectivity index (χ3v) is 5.32. The maximum Gasteiger partial charge on any atom is 0.243 e. The van der Waals surface area contributed by atoms with E-state index in [9.17, 15) is 0 Å². The van der Waals surface area contributed by atoms with Gasteiger partial charge in [0.15, 0.2) is 0 Å². The molecular formula is C14H21BrN2. The largest absolute Gasteiger partial charge is 1.00 e. The first-order valence-electron chi connectivity index (χ1n) is 6.77. The van der Waals surface area contributed by atoms with E-state index < -0.39 is 0 Å². The molecule has 4 aliphatic rings. The van der Waals surface area contributed by atoms with E-state index in [4.69, 9.17) is 0 Å². The Morgan fingerprint density at radius 3 is 2.00 bits per heavy atom. The Balaban J connectivity index is 0.000000902. The predicted molar refractivity (Wildman–Crippen MR) is 61.8 cm³/mol. The van der Waals surface area contributed by atoms with Gasteiger partial charge in [-0.1, -0.05) is 0 Å². The minimum absolute atomic E-state index is 0. The number of nitrogens with zero attached hydrogens (tertiary/aromatic N) is 2. The fourth-order valence-electron chi connectivity index (χ4n) is 5.11. The molecule has 3 heteroatoms. The van der Waals surface area contributed by atoms with Crippen LogP contribution in [0, 0.1) is 17.8 Å². The Morgan fingerprint density at radius 2 is 1.59 bits per heavy atom. The van der Waals surface area contributed by atoms with E-state index in [0.29, 0.717) is 5.54 Å². The second-order valence-electron chi connectivity index (χ2n) is 6.63. The Hall–Kier alpha value is -0.310. The van der Waals surface area contributed by atoms with Crippen LogP contribution in [0.1, 0.15) is 38.5 Å². The lowest BCUT2D eigenvalue weighted by Gasteiger charge is -2.54. The summed E-state index contributed by atoms with van der Waals surface area (Å²) < 4.78 is 4.73. The lowest BCUT2D eigenvalue weighted by atomic mass is 9.53. The molecule has 0 aromatic carbocycles. The number of aryl methyl sites for hydroxylation is 1. The van der Waals surface area contributed by atoms with Crippen LogP contribution < -0.4 is 21.5 Å². The summed E-state index contributed by atoms with van der Waals surface area (Å²) in [6, 6.07) is 0. The number of halogens is 1. The molecule has 2 nitrogen and oxygen atoms in total. The molecule has 94 valence electrons. The van der Waals surface area contributed by atoms with Crippen molar-refractivity contribution >= 4 is 0 Å². The number of rotatable bonds is 1. The molecule has 5 rings (SSSR count). The predicted octanol–water partition coefficient (Wildman–Crippen LogP) is -0.758. The zero-order valence-corrected chi connectivity index (χ0v) is 12.1. The van der Waals surface area contributed by atoms with Crippen LogP contribution in [0.2, 0.25) is 0 Å². The van der Waals surface area contributed by atoms with E-state index in [1.807, 2.05) is 0 Å². The summed E-state index contributed by atoms with van der Waals surface area (Å²) in [5, 5.41) is 0. The molecule has 0 N–H and O–H groups in total. The molecule has 1 heterocycles. The highest BCUT2D eigenvalue weighted by molar-refractivity contribution is 5.05. The third kappa shape index (κ3) is 1.69. The molecule has 4 fully saturated rings. The first-order chi connectivity index (χ1) is 7.73. The molecule has 1 aromatic heterocycles. The molecule has 0 radical (unpaired) electrons. The monoisotopic (exact) mass is 296 g/mol. The van der Waals surface area contributed by atoms with Gasteiger partial charge in [-0.15, -0.1) is 0 Å². The molecule has 0 saturated heterocycles. The molecule has 0 spiro atoms. The van der Waals surface area contributed by atoms with Gasteiger partial charge in [0.2, 0.25) is 6.33 Å². The van der Waals surface area contributed by atoms with Gasteiger partial charge in [0.05, 0.1) is 7.05 Å². The Kier molecular flexibility index (Phi) is 2.66. The van der Waals surface area contributed by atoms with Crippen molar-refractivity contribution in [3.8, 4) is 0 Å². The summed E-state index contributed by atoms with van der Waals surface area (Å²) in [6.45, 7) is 0. The molecule has 1 aromatic rings. The fraction of sp³-hybridized carbons (Fsp3) is 0.786. The average Bonchev–Trinajstić information content (AvgIpc) is 2.63. The smallest absolute Gasteiger partial charge is 0.243 e. The lowest BCUT2D eigenvalue weighted by molar-refractivity contribution is -0.671. The van der Waals surface area contributed by atoms with Gasteiger partial charge in [-0.2, -0.15) is 0 Å². The molecule has 0 atom stereocenters. The topological polar surface area (TPSA) is 8.81 Å². The molecule has 4 bridgehead atoms. The zero-order chi connectivity index (χ0) is 10.8. The number of aromatic nitrogens is 2. The van der Waals surface area contributed by atoms with Gasteiger partial charge in [-0.25, -0.2) is 9.13 Å². The van der Waals surface area contributed by atoms with Crippen LogP contribution in [0.15, 0.2) is 18.7 Å². The van der Waals surface area contributed by atoms with Crippen LogP contribution in [0.4, 0.5) is 0 Å². The zero-order valence-electron chi connectivity index (χ0n) is 10.5.